The fourth-order valence-electron chi connectivity index (χ4n) is 5.07. The average Bonchev–Trinajstić information content (AvgIpc) is 3.14. The van der Waals surface area contributed by atoms with Crippen molar-refractivity contribution in [2.24, 2.45) is 0 Å². The zero-order chi connectivity index (χ0) is 32.5. The van der Waals surface area contributed by atoms with E-state index in [0.29, 0.717) is 58.5 Å². The summed E-state index contributed by atoms with van der Waals surface area (Å²) < 4.78 is 96.2. The maximum absolute atomic E-state index is 13.1. The zero-order valence-corrected chi connectivity index (χ0v) is 24.1. The van der Waals surface area contributed by atoms with Crippen molar-refractivity contribution in [3.8, 4) is 5.75 Å². The zero-order valence-electron chi connectivity index (χ0n) is 24.1. The number of anilines is 1. The molecule has 2 aliphatic carbocycles. The molecule has 3 aliphatic rings. The van der Waals surface area contributed by atoms with Crippen molar-refractivity contribution < 1.29 is 54.9 Å². The van der Waals surface area contributed by atoms with Gasteiger partial charge >= 0.3 is 18.8 Å². The first kappa shape index (κ1) is 34.1. The number of hydrogen-bond donors (Lipinski definition) is 3. The van der Waals surface area contributed by atoms with Gasteiger partial charge in [-0.05, 0) is 50.0 Å². The monoisotopic (exact) mass is 648 g/mol. The molecule has 16 heteroatoms. The Hall–Kier alpha value is -3.76. The SMILES string of the molecule is O=C(Nc1cccc(OC(F)(F)F)c1)NC1CCC(OC2C=CC=C(OC(F)(F)F)C(C(=O)NCCN3CCOCC3)=C2)CC1. The van der Waals surface area contributed by atoms with Crippen LogP contribution in [0.25, 0.3) is 0 Å². The van der Waals surface area contributed by atoms with Crippen LogP contribution in [0.3, 0.4) is 0 Å². The fourth-order valence-corrected chi connectivity index (χ4v) is 5.07. The number of morpholine rings is 1. The van der Waals surface area contributed by atoms with E-state index in [1.54, 1.807) is 0 Å². The third kappa shape index (κ3) is 11.9. The van der Waals surface area contributed by atoms with E-state index in [0.717, 1.165) is 18.2 Å². The van der Waals surface area contributed by atoms with E-state index in [1.165, 1.54) is 30.4 Å². The molecule has 3 amide bonds. The Morgan fingerprint density at radius 2 is 1.69 bits per heavy atom. The molecule has 1 saturated heterocycles. The number of alkyl halides is 6. The van der Waals surface area contributed by atoms with Crippen molar-refractivity contribution in [2.75, 3.05) is 44.7 Å². The number of carbonyl (C=O) groups is 2. The van der Waals surface area contributed by atoms with Crippen molar-refractivity contribution in [1.29, 1.82) is 0 Å². The standard InChI is InChI=1S/C29H34F6N4O6/c30-28(31,32)44-23-5-1-3-20(17-23)38-27(41)37-19-7-9-21(10-8-19)43-22-4-2-6-25(45-29(33,34)35)24(18-22)26(40)36-11-12-39-13-15-42-16-14-39/h1-6,17-19,21-22H,7-16H2,(H,36,40)(H2,37,38,41). The number of nitrogens with one attached hydrogen (secondary N) is 3. The van der Waals surface area contributed by atoms with Gasteiger partial charge < -0.3 is 34.9 Å². The van der Waals surface area contributed by atoms with Gasteiger partial charge in [-0.15, -0.1) is 26.3 Å². The lowest BCUT2D eigenvalue weighted by Gasteiger charge is -2.30. The third-order valence-electron chi connectivity index (χ3n) is 7.12. The summed E-state index contributed by atoms with van der Waals surface area (Å²) in [5.74, 6) is -1.85. The second-order valence-corrected chi connectivity index (χ2v) is 10.5. The summed E-state index contributed by atoms with van der Waals surface area (Å²) >= 11 is 0. The number of benzene rings is 1. The molecule has 4 rings (SSSR count). The highest BCUT2D eigenvalue weighted by Crippen LogP contribution is 2.29. The number of urea groups is 1. The molecule has 0 radical (unpaired) electrons. The molecule has 1 aliphatic heterocycles. The van der Waals surface area contributed by atoms with Gasteiger partial charge in [0, 0.05) is 44.0 Å². The van der Waals surface area contributed by atoms with Crippen LogP contribution in [0.4, 0.5) is 36.8 Å². The molecule has 10 nitrogen and oxygen atoms in total. The van der Waals surface area contributed by atoms with Crippen LogP contribution in [0.2, 0.25) is 0 Å². The lowest BCUT2D eigenvalue weighted by atomic mass is 9.93. The van der Waals surface area contributed by atoms with Gasteiger partial charge in [0.25, 0.3) is 5.91 Å². The van der Waals surface area contributed by atoms with E-state index >= 15 is 0 Å². The topological polar surface area (TPSA) is 110 Å². The van der Waals surface area contributed by atoms with Crippen LogP contribution in [0.5, 0.6) is 5.75 Å². The van der Waals surface area contributed by atoms with E-state index in [9.17, 15) is 35.9 Å². The molecule has 1 saturated carbocycles. The molecule has 0 bridgehead atoms. The minimum atomic E-state index is -5.01. The largest absolute Gasteiger partial charge is 0.573 e. The fraction of sp³-hybridized carbons (Fsp3) is 0.517. The first-order valence-corrected chi connectivity index (χ1v) is 14.4. The Labute approximate surface area is 255 Å². The molecule has 2 fully saturated rings. The van der Waals surface area contributed by atoms with Gasteiger partial charge in [-0.2, -0.15) is 0 Å². The van der Waals surface area contributed by atoms with Crippen molar-refractivity contribution in [2.45, 2.75) is 56.7 Å². The van der Waals surface area contributed by atoms with Crippen LogP contribution in [-0.4, -0.2) is 87.2 Å². The minimum Gasteiger partial charge on any atom is -0.406 e. The quantitative estimate of drug-likeness (QED) is 0.314. The Kier molecular flexibility index (Phi) is 11.7. The Balaban J connectivity index is 1.28. The first-order chi connectivity index (χ1) is 21.3. The van der Waals surface area contributed by atoms with Crippen LogP contribution in [0.1, 0.15) is 25.7 Å². The molecule has 1 unspecified atom stereocenters. The van der Waals surface area contributed by atoms with Gasteiger partial charge in [-0.25, -0.2) is 4.79 Å². The van der Waals surface area contributed by atoms with Crippen molar-refractivity contribution in [3.63, 3.8) is 0 Å². The smallest absolute Gasteiger partial charge is 0.406 e. The number of nitrogens with zero attached hydrogens (tertiary/aromatic N) is 1. The molecule has 248 valence electrons. The highest BCUT2D eigenvalue weighted by molar-refractivity contribution is 5.97. The van der Waals surface area contributed by atoms with E-state index in [1.807, 2.05) is 0 Å². The van der Waals surface area contributed by atoms with Gasteiger partial charge in [0.15, 0.2) is 0 Å². The van der Waals surface area contributed by atoms with Crippen LogP contribution >= 0.6 is 0 Å². The van der Waals surface area contributed by atoms with Gasteiger partial charge in [-0.3, -0.25) is 9.69 Å². The predicted octanol–water partition coefficient (Wildman–Crippen LogP) is 4.77. The number of allylic oxidation sites excluding steroid dienone is 2. The Morgan fingerprint density at radius 3 is 2.38 bits per heavy atom. The van der Waals surface area contributed by atoms with Gasteiger partial charge in [-0.1, -0.05) is 18.2 Å². The molecule has 1 aromatic carbocycles. The molecule has 45 heavy (non-hydrogen) atoms. The average molecular weight is 649 g/mol. The maximum atomic E-state index is 13.1. The maximum Gasteiger partial charge on any atom is 0.573 e. The summed E-state index contributed by atoms with van der Waals surface area (Å²) in [6, 6.07) is 4.03. The number of amides is 3. The summed E-state index contributed by atoms with van der Waals surface area (Å²) in [6.45, 7) is 3.25. The van der Waals surface area contributed by atoms with Gasteiger partial charge in [0.2, 0.25) is 0 Å². The summed E-state index contributed by atoms with van der Waals surface area (Å²) in [5, 5.41) is 7.91. The summed E-state index contributed by atoms with van der Waals surface area (Å²) in [4.78, 5) is 27.5. The molecule has 0 spiro atoms. The molecule has 0 aromatic heterocycles. The number of rotatable bonds is 10. The van der Waals surface area contributed by atoms with Crippen LogP contribution in [0.15, 0.2) is 59.9 Å². The Morgan fingerprint density at radius 1 is 0.978 bits per heavy atom. The summed E-state index contributed by atoms with van der Waals surface area (Å²) in [5.41, 5.74) is -0.192. The van der Waals surface area contributed by atoms with Crippen LogP contribution in [0, 0.1) is 0 Å². The lowest BCUT2D eigenvalue weighted by Crippen LogP contribution is -2.42. The Bertz CT molecular complexity index is 1250. The number of halogens is 6. The highest BCUT2D eigenvalue weighted by Gasteiger charge is 2.35. The minimum absolute atomic E-state index is 0.113. The van der Waals surface area contributed by atoms with Crippen molar-refractivity contribution >= 4 is 17.6 Å². The van der Waals surface area contributed by atoms with E-state index < -0.39 is 42.3 Å². The normalized spacial score (nSPS) is 22.8. The van der Waals surface area contributed by atoms with Gasteiger partial charge in [0.1, 0.15) is 11.5 Å². The third-order valence-corrected chi connectivity index (χ3v) is 7.12. The number of carbonyl (C=O) groups excluding carboxylic acids is 2. The second-order valence-electron chi connectivity index (χ2n) is 10.5. The summed E-state index contributed by atoms with van der Waals surface area (Å²) in [7, 11) is 0. The molecule has 1 heterocycles. The van der Waals surface area contributed by atoms with Crippen molar-refractivity contribution in [1.82, 2.24) is 15.5 Å². The molecule has 1 aromatic rings. The van der Waals surface area contributed by atoms with Crippen LogP contribution in [-0.2, 0) is 19.0 Å². The number of ether oxygens (including phenoxy) is 4. The van der Waals surface area contributed by atoms with Gasteiger partial charge in [0.05, 0.1) is 31.0 Å². The first-order valence-electron chi connectivity index (χ1n) is 14.4. The predicted molar refractivity (Wildman–Crippen MR) is 149 cm³/mol. The van der Waals surface area contributed by atoms with Crippen LogP contribution < -0.4 is 20.7 Å². The van der Waals surface area contributed by atoms with E-state index in [2.05, 4.69) is 30.3 Å². The molecular formula is C29H34F6N4O6. The molecule has 1 atom stereocenters. The lowest BCUT2D eigenvalue weighted by molar-refractivity contribution is -0.303. The second kappa shape index (κ2) is 15.5. The van der Waals surface area contributed by atoms with E-state index in [-0.39, 0.29) is 30.0 Å². The molecular weight excluding hydrogens is 614 g/mol. The molecule has 3 N–H and O–H groups in total. The number of hydrogen-bond acceptors (Lipinski definition) is 7. The van der Waals surface area contributed by atoms with E-state index in [4.69, 9.17) is 9.47 Å². The summed E-state index contributed by atoms with van der Waals surface area (Å²) in [6.07, 6.45) is -3.80. The van der Waals surface area contributed by atoms with Crippen molar-refractivity contribution in [3.05, 3.63) is 59.9 Å². The highest BCUT2D eigenvalue weighted by atomic mass is 19.4.